The van der Waals surface area contributed by atoms with Crippen molar-refractivity contribution in [2.75, 3.05) is 0 Å². The molecule has 0 bridgehead atoms. The van der Waals surface area contributed by atoms with E-state index in [1.54, 1.807) is 0 Å². The number of thiocarbonyl (C=S) groups is 1. The van der Waals surface area contributed by atoms with E-state index >= 15 is 0 Å². The highest BCUT2D eigenvalue weighted by atomic mass is 35.5. The Morgan fingerprint density at radius 1 is 1.08 bits per heavy atom. The summed E-state index contributed by atoms with van der Waals surface area (Å²) in [4.78, 5) is 37.7. The molecule has 1 heterocycles. The van der Waals surface area contributed by atoms with Crippen LogP contribution in [0.1, 0.15) is 20.7 Å². The molecule has 0 aliphatic carbocycles. The molecule has 2 aromatic rings. The van der Waals surface area contributed by atoms with Gasteiger partial charge in [0.05, 0.1) is 4.92 Å². The van der Waals surface area contributed by atoms with Crippen molar-refractivity contribution in [3.8, 4) is 0 Å². The Balaban J connectivity index is 1.94. The first kappa shape index (κ1) is 18.2. The minimum Gasteiger partial charge on any atom is -0.298 e. The number of halogens is 1. The number of carbonyl (C=O) groups is 2. The largest absolute Gasteiger partial charge is 0.298 e. The number of nitrogens with one attached hydrogen (secondary N) is 3. The van der Waals surface area contributed by atoms with Crippen molar-refractivity contribution < 1.29 is 14.5 Å². The summed E-state index contributed by atoms with van der Waals surface area (Å²) >= 11 is 10.6. The average molecular weight is 380 g/mol. The van der Waals surface area contributed by atoms with Crippen LogP contribution >= 0.6 is 23.8 Å². The van der Waals surface area contributed by atoms with Crippen molar-refractivity contribution in [2.24, 2.45) is 0 Å². The molecular weight excluding hydrogens is 370 g/mol. The van der Waals surface area contributed by atoms with E-state index in [9.17, 15) is 19.7 Å². The van der Waals surface area contributed by atoms with Crippen molar-refractivity contribution in [1.82, 2.24) is 21.2 Å². The number of pyridine rings is 1. The Hall–Kier alpha value is -3.11. The van der Waals surface area contributed by atoms with Crippen LogP contribution in [0.4, 0.5) is 5.69 Å². The van der Waals surface area contributed by atoms with Crippen molar-refractivity contribution in [3.63, 3.8) is 0 Å². The molecule has 1 aromatic carbocycles. The number of benzene rings is 1. The van der Waals surface area contributed by atoms with E-state index in [1.807, 2.05) is 0 Å². The minimum absolute atomic E-state index is 0.0132. The SMILES string of the molecule is O=C(NNC(=S)NC(=O)c1ccc(Cl)c([N+](=O)[O-])c1)c1ccncc1. The van der Waals surface area contributed by atoms with E-state index in [2.05, 4.69) is 21.2 Å². The Morgan fingerprint density at radius 3 is 2.40 bits per heavy atom. The predicted octanol–water partition coefficient (Wildman–Crippen LogP) is 1.59. The van der Waals surface area contributed by atoms with Crippen LogP contribution in [0.2, 0.25) is 5.02 Å². The maximum atomic E-state index is 12.0. The lowest BCUT2D eigenvalue weighted by molar-refractivity contribution is -0.384. The van der Waals surface area contributed by atoms with Crippen LogP contribution in [0.3, 0.4) is 0 Å². The van der Waals surface area contributed by atoms with Crippen molar-refractivity contribution in [2.45, 2.75) is 0 Å². The number of rotatable bonds is 3. The standard InChI is InChI=1S/C14H10ClN5O4S/c15-10-2-1-9(7-11(10)20(23)24)12(21)17-14(25)19-18-13(22)8-3-5-16-6-4-8/h1-7H,(H,18,22)(H2,17,19,21,25). The Morgan fingerprint density at radius 2 is 1.76 bits per heavy atom. The fourth-order valence-electron chi connectivity index (χ4n) is 1.69. The first-order chi connectivity index (χ1) is 11.9. The summed E-state index contributed by atoms with van der Waals surface area (Å²) in [5.41, 5.74) is 4.56. The van der Waals surface area contributed by atoms with Gasteiger partial charge < -0.3 is 0 Å². The van der Waals surface area contributed by atoms with Gasteiger partial charge in [0.1, 0.15) is 5.02 Å². The molecule has 9 nitrogen and oxygen atoms in total. The molecule has 25 heavy (non-hydrogen) atoms. The topological polar surface area (TPSA) is 126 Å². The normalized spacial score (nSPS) is 9.80. The maximum Gasteiger partial charge on any atom is 0.288 e. The zero-order valence-corrected chi connectivity index (χ0v) is 13.9. The molecule has 2 rings (SSSR count). The fraction of sp³-hybridized carbons (Fsp3) is 0. The minimum atomic E-state index is -0.704. The van der Waals surface area contributed by atoms with Gasteiger partial charge in [-0.15, -0.1) is 0 Å². The van der Waals surface area contributed by atoms with E-state index in [4.69, 9.17) is 23.8 Å². The van der Waals surface area contributed by atoms with Gasteiger partial charge in [-0.1, -0.05) is 11.6 Å². The van der Waals surface area contributed by atoms with E-state index in [0.29, 0.717) is 5.56 Å². The third-order valence-electron chi connectivity index (χ3n) is 2.86. The zero-order valence-electron chi connectivity index (χ0n) is 12.4. The van der Waals surface area contributed by atoms with Crippen molar-refractivity contribution in [1.29, 1.82) is 0 Å². The molecule has 128 valence electrons. The molecule has 1 aromatic heterocycles. The molecule has 0 aliphatic heterocycles. The first-order valence-electron chi connectivity index (χ1n) is 6.64. The summed E-state index contributed by atoms with van der Waals surface area (Å²) in [5, 5.41) is 12.8. The number of hydrogen-bond donors (Lipinski definition) is 3. The lowest BCUT2D eigenvalue weighted by atomic mass is 10.2. The number of nitro benzene ring substituents is 1. The van der Waals surface area contributed by atoms with Gasteiger partial charge in [-0.2, -0.15) is 0 Å². The highest BCUT2D eigenvalue weighted by Crippen LogP contribution is 2.24. The van der Waals surface area contributed by atoms with Gasteiger partial charge >= 0.3 is 0 Å². The van der Waals surface area contributed by atoms with Crippen LogP contribution in [0.25, 0.3) is 0 Å². The highest BCUT2D eigenvalue weighted by Gasteiger charge is 2.17. The van der Waals surface area contributed by atoms with E-state index < -0.39 is 22.4 Å². The summed E-state index contributed by atoms with van der Waals surface area (Å²) in [5.74, 6) is -1.18. The summed E-state index contributed by atoms with van der Waals surface area (Å²) in [6, 6.07) is 6.55. The van der Waals surface area contributed by atoms with Crippen LogP contribution in [-0.2, 0) is 0 Å². The van der Waals surface area contributed by atoms with Gasteiger partial charge in [0.25, 0.3) is 17.5 Å². The lowest BCUT2D eigenvalue weighted by Crippen LogP contribution is -2.48. The van der Waals surface area contributed by atoms with Gasteiger partial charge in [-0.25, -0.2) is 0 Å². The smallest absolute Gasteiger partial charge is 0.288 e. The van der Waals surface area contributed by atoms with Crippen LogP contribution < -0.4 is 16.2 Å². The fourth-order valence-corrected chi connectivity index (χ4v) is 2.02. The molecule has 0 unspecified atom stereocenters. The van der Waals surface area contributed by atoms with Gasteiger partial charge in [-0.3, -0.25) is 40.9 Å². The van der Waals surface area contributed by atoms with Crippen molar-refractivity contribution in [3.05, 3.63) is 69.0 Å². The third-order valence-corrected chi connectivity index (χ3v) is 3.39. The number of hydrazine groups is 1. The van der Waals surface area contributed by atoms with E-state index in [0.717, 1.165) is 6.07 Å². The van der Waals surface area contributed by atoms with Gasteiger partial charge in [0, 0.05) is 29.6 Å². The zero-order chi connectivity index (χ0) is 18.4. The number of amides is 2. The molecular formula is C14H10ClN5O4S. The molecule has 0 atom stereocenters. The second-order valence-corrected chi connectivity index (χ2v) is 5.34. The summed E-state index contributed by atoms with van der Waals surface area (Å²) < 4.78 is 0. The third kappa shape index (κ3) is 4.93. The quantitative estimate of drug-likeness (QED) is 0.420. The molecule has 0 saturated heterocycles. The van der Waals surface area contributed by atoms with Gasteiger partial charge in [0.2, 0.25) is 0 Å². The Labute approximate surface area is 151 Å². The van der Waals surface area contributed by atoms with E-state index in [-0.39, 0.29) is 15.7 Å². The highest BCUT2D eigenvalue weighted by molar-refractivity contribution is 7.80. The second kappa shape index (κ2) is 8.13. The second-order valence-electron chi connectivity index (χ2n) is 4.52. The average Bonchev–Trinajstić information content (AvgIpc) is 2.60. The van der Waals surface area contributed by atoms with E-state index in [1.165, 1.54) is 36.7 Å². The summed E-state index contributed by atoms with van der Waals surface area (Å²) in [6.45, 7) is 0. The molecule has 0 radical (unpaired) electrons. The number of carbonyl (C=O) groups excluding carboxylic acids is 2. The Kier molecular flexibility index (Phi) is 5.93. The monoisotopic (exact) mass is 379 g/mol. The number of aromatic nitrogens is 1. The van der Waals surface area contributed by atoms with Crippen LogP contribution in [0.15, 0.2) is 42.7 Å². The van der Waals surface area contributed by atoms with Gasteiger partial charge in [0.15, 0.2) is 5.11 Å². The maximum absolute atomic E-state index is 12.0. The number of nitro groups is 1. The molecule has 0 saturated carbocycles. The van der Waals surface area contributed by atoms with Crippen LogP contribution in [-0.4, -0.2) is 26.8 Å². The van der Waals surface area contributed by atoms with Crippen LogP contribution in [0, 0.1) is 10.1 Å². The predicted molar refractivity (Wildman–Crippen MR) is 93.0 cm³/mol. The van der Waals surface area contributed by atoms with Crippen molar-refractivity contribution >= 4 is 46.4 Å². The summed E-state index contributed by atoms with van der Waals surface area (Å²) in [7, 11) is 0. The molecule has 0 aliphatic rings. The molecule has 11 heteroatoms. The summed E-state index contributed by atoms with van der Waals surface area (Å²) in [6.07, 6.45) is 2.89. The van der Waals surface area contributed by atoms with Gasteiger partial charge in [-0.05, 0) is 36.5 Å². The molecule has 0 spiro atoms. The number of nitrogens with zero attached hydrogens (tertiary/aromatic N) is 2. The lowest BCUT2D eigenvalue weighted by Gasteiger charge is -2.10. The number of hydrogen-bond acceptors (Lipinski definition) is 6. The molecule has 2 amide bonds. The van der Waals surface area contributed by atoms with Crippen LogP contribution in [0.5, 0.6) is 0 Å². The molecule has 0 fully saturated rings. The Bertz CT molecular complexity index is 846. The first-order valence-corrected chi connectivity index (χ1v) is 7.42. The molecule has 3 N–H and O–H groups in total.